The van der Waals surface area contributed by atoms with Crippen molar-refractivity contribution in [3.05, 3.63) is 68.8 Å². The number of phenolic OH excluding ortho intramolecular Hbond substituents is 1. The van der Waals surface area contributed by atoms with Crippen LogP contribution in [0.3, 0.4) is 0 Å². The van der Waals surface area contributed by atoms with Crippen molar-refractivity contribution >= 4 is 23.5 Å². The Morgan fingerprint density at radius 1 is 1.29 bits per heavy atom. The Labute approximate surface area is 186 Å². The molecule has 2 aromatic carbocycles. The van der Waals surface area contributed by atoms with Crippen LogP contribution in [0.1, 0.15) is 52.4 Å². The van der Waals surface area contributed by atoms with Crippen LogP contribution in [0.15, 0.2) is 35.9 Å². The summed E-state index contributed by atoms with van der Waals surface area (Å²) in [5.74, 6) is -0.0965. The zero-order valence-electron chi connectivity index (χ0n) is 17.9. The summed E-state index contributed by atoms with van der Waals surface area (Å²) >= 11 is 5.87. The second-order valence-electron chi connectivity index (χ2n) is 7.57. The molecule has 6 nitrogen and oxygen atoms in total. The summed E-state index contributed by atoms with van der Waals surface area (Å²) in [6.45, 7) is 4.38. The maximum Gasteiger partial charge on any atom is 0.342 e. The molecule has 164 valence electrons. The van der Waals surface area contributed by atoms with Crippen LogP contribution >= 0.6 is 11.6 Å². The number of methoxy groups -OCH3 is 1. The predicted octanol–water partition coefficient (Wildman–Crippen LogP) is 4.62. The topological polar surface area (TPSA) is 84.9 Å². The summed E-state index contributed by atoms with van der Waals surface area (Å²) in [4.78, 5) is 24.1. The van der Waals surface area contributed by atoms with Gasteiger partial charge < -0.3 is 19.9 Å². The lowest BCUT2D eigenvalue weighted by Gasteiger charge is -2.15. The van der Waals surface area contributed by atoms with Crippen LogP contribution < -0.4 is 10.1 Å². The molecule has 0 radical (unpaired) electrons. The van der Waals surface area contributed by atoms with Crippen LogP contribution in [0.5, 0.6) is 11.5 Å². The number of carbonyl (C=O) groups is 2. The number of hydrogen-bond acceptors (Lipinski definition) is 5. The van der Waals surface area contributed by atoms with Crippen LogP contribution in [0.2, 0.25) is 5.02 Å². The Kier molecular flexibility index (Phi) is 7.23. The first kappa shape index (κ1) is 22.7. The Hall–Kier alpha value is -2.99. The highest BCUT2D eigenvalue weighted by molar-refractivity contribution is 6.30. The zero-order chi connectivity index (χ0) is 22.5. The van der Waals surface area contributed by atoms with Gasteiger partial charge in [0.05, 0.1) is 7.11 Å². The molecule has 0 fully saturated rings. The number of hydrogen-bond donors (Lipinski definition) is 2. The molecule has 7 heteroatoms. The van der Waals surface area contributed by atoms with E-state index < -0.39 is 5.97 Å². The third kappa shape index (κ3) is 5.20. The smallest absolute Gasteiger partial charge is 0.342 e. The molecule has 3 rings (SSSR count). The van der Waals surface area contributed by atoms with Crippen molar-refractivity contribution < 1.29 is 24.2 Å². The Morgan fingerprint density at radius 3 is 2.68 bits per heavy atom. The zero-order valence-corrected chi connectivity index (χ0v) is 18.6. The molecule has 1 aliphatic heterocycles. The van der Waals surface area contributed by atoms with Gasteiger partial charge in [0.25, 0.3) is 0 Å². The number of aromatic hydroxyl groups is 1. The molecule has 0 bridgehead atoms. The van der Waals surface area contributed by atoms with E-state index in [0.29, 0.717) is 47.7 Å². The molecule has 0 aromatic heterocycles. The lowest BCUT2D eigenvalue weighted by atomic mass is 9.94. The fourth-order valence-electron chi connectivity index (χ4n) is 3.61. The fraction of sp³-hybridized carbons (Fsp3) is 0.333. The van der Waals surface area contributed by atoms with Crippen molar-refractivity contribution in [1.29, 1.82) is 0 Å². The number of rotatable bonds is 8. The molecule has 0 atom stereocenters. The molecule has 0 spiro atoms. The number of nitrogens with one attached hydrogen (secondary N) is 1. The van der Waals surface area contributed by atoms with E-state index in [9.17, 15) is 14.7 Å². The maximum absolute atomic E-state index is 12.1. The largest absolute Gasteiger partial charge is 0.507 e. The van der Waals surface area contributed by atoms with Gasteiger partial charge in [0, 0.05) is 29.1 Å². The van der Waals surface area contributed by atoms with Gasteiger partial charge in [0.1, 0.15) is 23.7 Å². The summed E-state index contributed by atoms with van der Waals surface area (Å²) in [7, 11) is 1.54. The van der Waals surface area contributed by atoms with E-state index in [0.717, 1.165) is 16.7 Å². The van der Waals surface area contributed by atoms with E-state index in [4.69, 9.17) is 21.1 Å². The van der Waals surface area contributed by atoms with Crippen LogP contribution in [-0.4, -0.2) is 24.1 Å². The van der Waals surface area contributed by atoms with Gasteiger partial charge >= 0.3 is 5.97 Å². The number of fused-ring (bicyclic) bond motifs is 1. The third-order valence-electron chi connectivity index (χ3n) is 5.45. The van der Waals surface area contributed by atoms with Crippen molar-refractivity contribution in [2.45, 2.75) is 46.3 Å². The van der Waals surface area contributed by atoms with Crippen LogP contribution in [0.4, 0.5) is 0 Å². The molecule has 1 amide bonds. The molecule has 1 aliphatic rings. The number of phenols is 1. The average molecular weight is 444 g/mol. The van der Waals surface area contributed by atoms with Gasteiger partial charge in [-0.25, -0.2) is 4.79 Å². The van der Waals surface area contributed by atoms with Crippen LogP contribution in [0, 0.1) is 6.92 Å². The number of cyclic esters (lactones) is 1. The predicted molar refractivity (Wildman–Crippen MR) is 119 cm³/mol. The minimum absolute atomic E-state index is 0.0424. The first-order valence-electron chi connectivity index (χ1n) is 10.1. The Bertz CT molecular complexity index is 1030. The summed E-state index contributed by atoms with van der Waals surface area (Å²) in [6.07, 6.45) is 3.26. The van der Waals surface area contributed by atoms with Crippen molar-refractivity contribution in [3.8, 4) is 11.5 Å². The minimum atomic E-state index is -0.516. The molecule has 0 aliphatic carbocycles. The minimum Gasteiger partial charge on any atom is -0.507 e. The highest BCUT2D eigenvalue weighted by Crippen LogP contribution is 2.42. The quantitative estimate of drug-likeness (QED) is 0.459. The number of amides is 1. The summed E-state index contributed by atoms with van der Waals surface area (Å²) in [5, 5.41) is 14.2. The lowest BCUT2D eigenvalue weighted by molar-refractivity contribution is -0.121. The van der Waals surface area contributed by atoms with Crippen molar-refractivity contribution in [3.63, 3.8) is 0 Å². The summed E-state index contributed by atoms with van der Waals surface area (Å²) in [6, 6.07) is 7.34. The van der Waals surface area contributed by atoms with E-state index in [1.54, 1.807) is 12.1 Å². The van der Waals surface area contributed by atoms with Gasteiger partial charge in [-0.05, 0) is 49.9 Å². The van der Waals surface area contributed by atoms with E-state index in [-0.39, 0.29) is 23.8 Å². The van der Waals surface area contributed by atoms with E-state index in [1.165, 1.54) is 7.11 Å². The molecule has 0 saturated carbocycles. The SMILES string of the molecule is COc1c(C)c2c(c(O)c1C/C=C(\C)CCC(=O)NCc1ccc(Cl)cc1)C(=O)OC2. The molecule has 31 heavy (non-hydrogen) atoms. The molecule has 0 saturated heterocycles. The average Bonchev–Trinajstić information content (AvgIpc) is 3.15. The van der Waals surface area contributed by atoms with Crippen molar-refractivity contribution in [2.24, 2.45) is 0 Å². The second kappa shape index (κ2) is 9.88. The lowest BCUT2D eigenvalue weighted by Crippen LogP contribution is -2.22. The highest BCUT2D eigenvalue weighted by Gasteiger charge is 2.31. The number of allylic oxidation sites excluding steroid dienone is 2. The third-order valence-corrected chi connectivity index (χ3v) is 5.70. The Morgan fingerprint density at radius 2 is 2.00 bits per heavy atom. The number of benzene rings is 2. The number of ether oxygens (including phenoxy) is 2. The number of esters is 1. The highest BCUT2D eigenvalue weighted by atomic mass is 35.5. The van der Waals surface area contributed by atoms with Gasteiger partial charge in [-0.1, -0.05) is 35.4 Å². The van der Waals surface area contributed by atoms with Crippen LogP contribution in [-0.2, 0) is 29.1 Å². The molecule has 2 N–H and O–H groups in total. The van der Waals surface area contributed by atoms with E-state index in [1.807, 2.05) is 32.1 Å². The van der Waals surface area contributed by atoms with Gasteiger partial charge in [0.15, 0.2) is 0 Å². The molecule has 2 aromatic rings. The van der Waals surface area contributed by atoms with Gasteiger partial charge in [-0.2, -0.15) is 0 Å². The summed E-state index contributed by atoms with van der Waals surface area (Å²) in [5.41, 5.74) is 4.22. The second-order valence-corrected chi connectivity index (χ2v) is 8.01. The molecule has 1 heterocycles. The normalized spacial score (nSPS) is 13.0. The maximum atomic E-state index is 12.1. The number of halogens is 1. The van der Waals surface area contributed by atoms with Crippen LogP contribution in [0.25, 0.3) is 0 Å². The molecular formula is C24H26ClNO5. The summed E-state index contributed by atoms with van der Waals surface area (Å²) < 4.78 is 10.6. The number of carbonyl (C=O) groups excluding carboxylic acids is 2. The van der Waals surface area contributed by atoms with E-state index in [2.05, 4.69) is 5.32 Å². The fourth-order valence-corrected chi connectivity index (χ4v) is 3.73. The molecule has 0 unspecified atom stereocenters. The molecular weight excluding hydrogens is 418 g/mol. The van der Waals surface area contributed by atoms with Gasteiger partial charge in [-0.15, -0.1) is 0 Å². The van der Waals surface area contributed by atoms with Gasteiger partial charge in [0.2, 0.25) is 5.91 Å². The van der Waals surface area contributed by atoms with Gasteiger partial charge in [-0.3, -0.25) is 4.79 Å². The first-order chi connectivity index (χ1) is 14.8. The monoisotopic (exact) mass is 443 g/mol. The Balaban J connectivity index is 1.61. The first-order valence-corrected chi connectivity index (χ1v) is 10.4. The van der Waals surface area contributed by atoms with Crippen molar-refractivity contribution in [1.82, 2.24) is 5.32 Å². The van der Waals surface area contributed by atoms with Crippen molar-refractivity contribution in [2.75, 3.05) is 7.11 Å². The van der Waals surface area contributed by atoms with E-state index >= 15 is 0 Å². The standard InChI is InChI=1S/C24H26ClNO5/c1-14(5-11-20(27)26-12-16-6-8-17(25)9-7-16)4-10-18-22(28)21-19(13-31-24(21)29)15(2)23(18)30-3/h4,6-9,28H,5,10-13H2,1-3H3,(H,26,27)/b14-4+.